The molecule has 1 aliphatic heterocycles. The SMILES string of the molecule is Cc1cccnc1CN1CCCN(C(=O)c2cc(-n3cccn3)ccc2Cl)CC1. The molecular weight excluding hydrogens is 386 g/mol. The number of rotatable bonds is 4. The van der Waals surface area contributed by atoms with Crippen molar-refractivity contribution < 1.29 is 4.79 Å². The lowest BCUT2D eigenvalue weighted by Crippen LogP contribution is -2.35. The third-order valence-corrected chi connectivity index (χ3v) is 5.65. The van der Waals surface area contributed by atoms with Crippen molar-refractivity contribution in [2.45, 2.75) is 19.9 Å². The smallest absolute Gasteiger partial charge is 0.255 e. The van der Waals surface area contributed by atoms with Crippen LogP contribution in [0, 0.1) is 6.92 Å². The second-order valence-corrected chi connectivity index (χ2v) is 7.71. The molecule has 0 saturated carbocycles. The molecule has 1 amide bonds. The quantitative estimate of drug-likeness (QED) is 0.661. The largest absolute Gasteiger partial charge is 0.337 e. The van der Waals surface area contributed by atoms with Crippen molar-refractivity contribution in [2.75, 3.05) is 26.2 Å². The van der Waals surface area contributed by atoms with Gasteiger partial charge >= 0.3 is 0 Å². The number of hydrogen-bond donors (Lipinski definition) is 0. The topological polar surface area (TPSA) is 54.3 Å². The van der Waals surface area contributed by atoms with Crippen LogP contribution >= 0.6 is 11.6 Å². The number of amides is 1. The van der Waals surface area contributed by atoms with E-state index >= 15 is 0 Å². The van der Waals surface area contributed by atoms with E-state index in [0.717, 1.165) is 44.0 Å². The van der Waals surface area contributed by atoms with E-state index in [1.807, 2.05) is 41.6 Å². The van der Waals surface area contributed by atoms with Crippen molar-refractivity contribution in [1.82, 2.24) is 24.6 Å². The summed E-state index contributed by atoms with van der Waals surface area (Å²) in [5.41, 5.74) is 3.65. The fourth-order valence-corrected chi connectivity index (χ4v) is 3.84. The molecule has 0 bridgehead atoms. The van der Waals surface area contributed by atoms with E-state index in [1.165, 1.54) is 5.56 Å². The van der Waals surface area contributed by atoms with Gasteiger partial charge in [-0.1, -0.05) is 17.7 Å². The molecule has 4 rings (SSSR count). The van der Waals surface area contributed by atoms with Crippen molar-refractivity contribution in [1.29, 1.82) is 0 Å². The Hall–Kier alpha value is -2.70. The van der Waals surface area contributed by atoms with Crippen molar-refractivity contribution in [3.05, 3.63) is 76.8 Å². The highest BCUT2D eigenvalue weighted by molar-refractivity contribution is 6.33. The van der Waals surface area contributed by atoms with E-state index < -0.39 is 0 Å². The molecule has 0 aliphatic carbocycles. The molecule has 6 nitrogen and oxygen atoms in total. The molecule has 1 saturated heterocycles. The Labute approximate surface area is 175 Å². The zero-order valence-corrected chi connectivity index (χ0v) is 17.2. The lowest BCUT2D eigenvalue weighted by atomic mass is 10.1. The lowest BCUT2D eigenvalue weighted by molar-refractivity contribution is 0.0761. The van der Waals surface area contributed by atoms with Gasteiger partial charge < -0.3 is 4.90 Å². The molecule has 2 aromatic heterocycles. The second kappa shape index (κ2) is 8.76. The highest BCUT2D eigenvalue weighted by Crippen LogP contribution is 2.22. The number of pyridine rings is 1. The number of benzene rings is 1. The molecule has 29 heavy (non-hydrogen) atoms. The second-order valence-electron chi connectivity index (χ2n) is 7.30. The summed E-state index contributed by atoms with van der Waals surface area (Å²) in [6.07, 6.45) is 6.32. The summed E-state index contributed by atoms with van der Waals surface area (Å²) < 4.78 is 1.73. The number of aromatic nitrogens is 3. The number of carbonyl (C=O) groups excluding carboxylic acids is 1. The Balaban J connectivity index is 1.46. The third-order valence-electron chi connectivity index (χ3n) is 5.32. The molecule has 150 valence electrons. The van der Waals surface area contributed by atoms with E-state index in [9.17, 15) is 4.79 Å². The van der Waals surface area contributed by atoms with Crippen LogP contribution in [0.4, 0.5) is 0 Å². The van der Waals surface area contributed by atoms with E-state index in [0.29, 0.717) is 17.1 Å². The minimum Gasteiger partial charge on any atom is -0.337 e. The maximum absolute atomic E-state index is 13.2. The maximum Gasteiger partial charge on any atom is 0.255 e. The minimum absolute atomic E-state index is 0.0279. The number of aryl methyl sites for hydroxylation is 1. The van der Waals surface area contributed by atoms with Gasteiger partial charge in [0.15, 0.2) is 0 Å². The van der Waals surface area contributed by atoms with Crippen molar-refractivity contribution in [2.24, 2.45) is 0 Å². The van der Waals surface area contributed by atoms with Crippen LogP contribution in [0.2, 0.25) is 5.02 Å². The van der Waals surface area contributed by atoms with Crippen LogP contribution < -0.4 is 0 Å². The lowest BCUT2D eigenvalue weighted by Gasteiger charge is -2.23. The summed E-state index contributed by atoms with van der Waals surface area (Å²) >= 11 is 6.37. The zero-order chi connectivity index (χ0) is 20.2. The van der Waals surface area contributed by atoms with Crippen molar-refractivity contribution >= 4 is 17.5 Å². The Kier molecular flexibility index (Phi) is 5.92. The third kappa shape index (κ3) is 4.49. The van der Waals surface area contributed by atoms with Crippen LogP contribution in [0.15, 0.2) is 55.0 Å². The van der Waals surface area contributed by atoms with Gasteiger partial charge in [-0.3, -0.25) is 14.7 Å². The molecule has 7 heteroatoms. The summed E-state index contributed by atoms with van der Waals surface area (Å²) in [5, 5.41) is 4.71. The first kappa shape index (κ1) is 19.6. The first-order chi connectivity index (χ1) is 14.1. The van der Waals surface area contributed by atoms with Gasteiger partial charge in [-0.15, -0.1) is 0 Å². The highest BCUT2D eigenvalue weighted by atomic mass is 35.5. The molecule has 1 aromatic carbocycles. The van der Waals surface area contributed by atoms with Gasteiger partial charge in [-0.2, -0.15) is 5.10 Å². The highest BCUT2D eigenvalue weighted by Gasteiger charge is 2.23. The van der Waals surface area contributed by atoms with Crippen LogP contribution in [0.1, 0.15) is 28.0 Å². The normalized spacial score (nSPS) is 15.3. The van der Waals surface area contributed by atoms with E-state index in [1.54, 1.807) is 16.9 Å². The van der Waals surface area contributed by atoms with Gasteiger partial charge in [0, 0.05) is 51.3 Å². The predicted molar refractivity (Wildman–Crippen MR) is 113 cm³/mol. The maximum atomic E-state index is 13.2. The van der Waals surface area contributed by atoms with Crippen LogP contribution in [0.5, 0.6) is 0 Å². The van der Waals surface area contributed by atoms with Gasteiger partial charge in [0.1, 0.15) is 0 Å². The summed E-state index contributed by atoms with van der Waals surface area (Å²) in [6.45, 7) is 6.06. The van der Waals surface area contributed by atoms with Crippen LogP contribution in [-0.4, -0.2) is 56.7 Å². The van der Waals surface area contributed by atoms with Crippen LogP contribution in [0.25, 0.3) is 5.69 Å². The zero-order valence-electron chi connectivity index (χ0n) is 16.5. The molecule has 0 unspecified atom stereocenters. The van der Waals surface area contributed by atoms with Crippen molar-refractivity contribution in [3.8, 4) is 5.69 Å². The average Bonchev–Trinajstić information content (AvgIpc) is 3.16. The summed E-state index contributed by atoms with van der Waals surface area (Å²) in [5.74, 6) is -0.0279. The number of carbonyl (C=O) groups is 1. The fraction of sp³-hybridized carbons (Fsp3) is 0.318. The number of halogens is 1. The predicted octanol–water partition coefficient (Wildman–Crippen LogP) is 3.58. The van der Waals surface area contributed by atoms with Crippen LogP contribution in [-0.2, 0) is 6.54 Å². The Morgan fingerprint density at radius 3 is 2.79 bits per heavy atom. The van der Waals surface area contributed by atoms with Gasteiger partial charge in [-0.25, -0.2) is 4.68 Å². The molecule has 0 spiro atoms. The molecule has 3 aromatic rings. The summed E-state index contributed by atoms with van der Waals surface area (Å²) in [6, 6.07) is 11.3. The molecule has 0 atom stereocenters. The van der Waals surface area contributed by atoms with E-state index in [2.05, 4.69) is 28.0 Å². The van der Waals surface area contributed by atoms with Gasteiger partial charge in [-0.05, 0) is 49.2 Å². The Bertz CT molecular complexity index is 989. The monoisotopic (exact) mass is 409 g/mol. The molecular formula is C22H24ClN5O. The first-order valence-corrected chi connectivity index (χ1v) is 10.2. The molecule has 1 aliphatic rings. The van der Waals surface area contributed by atoms with Crippen LogP contribution in [0.3, 0.4) is 0 Å². The first-order valence-electron chi connectivity index (χ1n) is 9.83. The summed E-state index contributed by atoms with van der Waals surface area (Å²) in [4.78, 5) is 22.0. The Morgan fingerprint density at radius 1 is 1.10 bits per heavy atom. The van der Waals surface area contributed by atoms with E-state index in [4.69, 9.17) is 11.6 Å². The number of hydrogen-bond acceptors (Lipinski definition) is 4. The molecule has 3 heterocycles. The van der Waals surface area contributed by atoms with Gasteiger partial charge in [0.25, 0.3) is 5.91 Å². The standard InChI is InChI=1S/C22H24ClN5O/c1-17-5-2-8-24-21(17)16-26-10-4-11-27(14-13-26)22(29)19-15-18(6-7-20(19)23)28-12-3-9-25-28/h2-3,5-9,12,15H,4,10-11,13-14,16H2,1H3. The van der Waals surface area contributed by atoms with Gasteiger partial charge in [0.05, 0.1) is 22.0 Å². The molecule has 1 fully saturated rings. The fourth-order valence-electron chi connectivity index (χ4n) is 3.64. The Morgan fingerprint density at radius 2 is 2.00 bits per heavy atom. The summed E-state index contributed by atoms with van der Waals surface area (Å²) in [7, 11) is 0. The molecule has 0 radical (unpaired) electrons. The van der Waals surface area contributed by atoms with Gasteiger partial charge in [0.2, 0.25) is 0 Å². The minimum atomic E-state index is -0.0279. The van der Waals surface area contributed by atoms with E-state index in [-0.39, 0.29) is 5.91 Å². The van der Waals surface area contributed by atoms with Crippen molar-refractivity contribution in [3.63, 3.8) is 0 Å². The number of nitrogens with zero attached hydrogens (tertiary/aromatic N) is 5. The average molecular weight is 410 g/mol. The molecule has 0 N–H and O–H groups in total.